The van der Waals surface area contributed by atoms with Gasteiger partial charge in [-0.15, -0.1) is 0 Å². The number of rotatable bonds is 2. The lowest BCUT2D eigenvalue weighted by Crippen LogP contribution is -2.48. The summed E-state index contributed by atoms with van der Waals surface area (Å²) in [5, 5.41) is 3.78. The van der Waals surface area contributed by atoms with Gasteiger partial charge in [0, 0.05) is 18.7 Å². The second-order valence-corrected chi connectivity index (χ2v) is 5.29. The molecule has 2 heteroatoms. The van der Waals surface area contributed by atoms with E-state index in [0.717, 1.165) is 12.6 Å². The van der Waals surface area contributed by atoms with Crippen LogP contribution in [0.2, 0.25) is 0 Å². The number of nitrogens with one attached hydrogen (secondary N) is 1. The minimum absolute atomic E-state index is 0.0530. The normalized spacial score (nSPS) is 33.4. The van der Waals surface area contributed by atoms with Crippen LogP contribution >= 0.6 is 0 Å². The van der Waals surface area contributed by atoms with Gasteiger partial charge in [-0.2, -0.15) is 0 Å². The Hall–Kier alpha value is -0.0800. The summed E-state index contributed by atoms with van der Waals surface area (Å²) in [5.74, 6) is 0. The molecule has 0 aromatic rings. The van der Waals surface area contributed by atoms with E-state index < -0.39 is 0 Å². The molecule has 1 unspecified atom stereocenters. The lowest BCUT2D eigenvalue weighted by atomic mass is 9.92. The van der Waals surface area contributed by atoms with E-state index in [1.165, 1.54) is 38.5 Å². The molecular formula is C12H23NO. The Balaban J connectivity index is 1.83. The summed E-state index contributed by atoms with van der Waals surface area (Å²) < 4.78 is 5.73. The molecule has 1 aliphatic carbocycles. The Bertz CT molecular complexity index is 185. The van der Waals surface area contributed by atoms with Crippen molar-refractivity contribution in [2.24, 2.45) is 0 Å². The average Bonchev–Trinajstić information content (AvgIpc) is 2.48. The quantitative estimate of drug-likeness (QED) is 0.734. The fraction of sp³-hybridized carbons (Fsp3) is 1.00. The van der Waals surface area contributed by atoms with Gasteiger partial charge in [-0.3, -0.25) is 0 Å². The maximum absolute atomic E-state index is 5.73. The van der Waals surface area contributed by atoms with E-state index in [0.29, 0.717) is 6.04 Å². The van der Waals surface area contributed by atoms with Gasteiger partial charge >= 0.3 is 0 Å². The zero-order valence-electron chi connectivity index (χ0n) is 9.51. The van der Waals surface area contributed by atoms with Crippen LogP contribution in [0.4, 0.5) is 0 Å². The fourth-order valence-corrected chi connectivity index (χ4v) is 2.73. The van der Waals surface area contributed by atoms with Gasteiger partial charge in [-0.1, -0.05) is 19.3 Å². The SMILES string of the molecule is CC1(C)OCCC1NC1CCCCC1. The van der Waals surface area contributed by atoms with Crippen molar-refractivity contribution in [1.82, 2.24) is 5.32 Å². The van der Waals surface area contributed by atoms with Crippen LogP contribution < -0.4 is 5.32 Å². The maximum Gasteiger partial charge on any atom is 0.0779 e. The summed E-state index contributed by atoms with van der Waals surface area (Å²) in [4.78, 5) is 0. The molecule has 1 heterocycles. The van der Waals surface area contributed by atoms with Crippen molar-refractivity contribution in [3.8, 4) is 0 Å². The largest absolute Gasteiger partial charge is 0.374 e. The summed E-state index contributed by atoms with van der Waals surface area (Å²) in [6.45, 7) is 5.35. The summed E-state index contributed by atoms with van der Waals surface area (Å²) in [6, 6.07) is 1.33. The van der Waals surface area contributed by atoms with Gasteiger partial charge in [0.15, 0.2) is 0 Å². The molecule has 0 radical (unpaired) electrons. The Morgan fingerprint density at radius 2 is 1.79 bits per heavy atom. The van der Waals surface area contributed by atoms with Crippen LogP contribution in [0.15, 0.2) is 0 Å². The van der Waals surface area contributed by atoms with Crippen LogP contribution in [0.25, 0.3) is 0 Å². The van der Waals surface area contributed by atoms with E-state index in [2.05, 4.69) is 19.2 Å². The highest BCUT2D eigenvalue weighted by Gasteiger charge is 2.36. The second-order valence-electron chi connectivity index (χ2n) is 5.29. The average molecular weight is 197 g/mol. The van der Waals surface area contributed by atoms with Crippen LogP contribution in [-0.4, -0.2) is 24.3 Å². The van der Waals surface area contributed by atoms with E-state index in [1.807, 2.05) is 0 Å². The first kappa shape index (κ1) is 10.4. The molecule has 0 aromatic carbocycles. The van der Waals surface area contributed by atoms with E-state index in [-0.39, 0.29) is 5.60 Å². The molecule has 2 rings (SSSR count). The molecule has 1 aliphatic heterocycles. The number of hydrogen-bond acceptors (Lipinski definition) is 2. The second kappa shape index (κ2) is 4.19. The Morgan fingerprint density at radius 1 is 1.07 bits per heavy atom. The van der Waals surface area contributed by atoms with Gasteiger partial charge in [-0.05, 0) is 33.1 Å². The lowest BCUT2D eigenvalue weighted by molar-refractivity contribution is 0.0185. The molecule has 1 saturated carbocycles. The Kier molecular flexibility index (Phi) is 3.13. The van der Waals surface area contributed by atoms with Crippen LogP contribution in [-0.2, 0) is 4.74 Å². The minimum Gasteiger partial charge on any atom is -0.374 e. The monoisotopic (exact) mass is 197 g/mol. The molecule has 2 nitrogen and oxygen atoms in total. The molecule has 0 amide bonds. The number of hydrogen-bond donors (Lipinski definition) is 1. The fourth-order valence-electron chi connectivity index (χ4n) is 2.73. The van der Waals surface area contributed by atoms with E-state index >= 15 is 0 Å². The maximum atomic E-state index is 5.73. The van der Waals surface area contributed by atoms with Gasteiger partial charge in [0.25, 0.3) is 0 Å². The first-order valence-electron chi connectivity index (χ1n) is 6.08. The molecule has 2 fully saturated rings. The van der Waals surface area contributed by atoms with Crippen LogP contribution in [0.5, 0.6) is 0 Å². The topological polar surface area (TPSA) is 21.3 Å². The van der Waals surface area contributed by atoms with Crippen molar-refractivity contribution < 1.29 is 4.74 Å². The van der Waals surface area contributed by atoms with Gasteiger partial charge in [0.2, 0.25) is 0 Å². The van der Waals surface area contributed by atoms with Gasteiger partial charge in [0.05, 0.1) is 5.60 Å². The molecule has 1 N–H and O–H groups in total. The molecule has 14 heavy (non-hydrogen) atoms. The van der Waals surface area contributed by atoms with Gasteiger partial charge in [-0.25, -0.2) is 0 Å². The predicted octanol–water partition coefficient (Wildman–Crippen LogP) is 2.48. The highest BCUT2D eigenvalue weighted by Crippen LogP contribution is 2.27. The molecule has 1 atom stereocenters. The summed E-state index contributed by atoms with van der Waals surface area (Å²) in [5.41, 5.74) is 0.0530. The van der Waals surface area contributed by atoms with Crippen molar-refractivity contribution in [3.05, 3.63) is 0 Å². The van der Waals surface area contributed by atoms with Gasteiger partial charge in [0.1, 0.15) is 0 Å². The van der Waals surface area contributed by atoms with Crippen molar-refractivity contribution in [2.75, 3.05) is 6.61 Å². The van der Waals surface area contributed by atoms with Crippen molar-refractivity contribution in [1.29, 1.82) is 0 Å². The van der Waals surface area contributed by atoms with Crippen molar-refractivity contribution in [3.63, 3.8) is 0 Å². The molecule has 2 aliphatic rings. The lowest BCUT2D eigenvalue weighted by Gasteiger charge is -2.32. The van der Waals surface area contributed by atoms with Crippen molar-refractivity contribution >= 4 is 0 Å². The van der Waals surface area contributed by atoms with Crippen LogP contribution in [0.3, 0.4) is 0 Å². The minimum atomic E-state index is 0.0530. The summed E-state index contributed by atoms with van der Waals surface area (Å²) in [6.07, 6.45) is 8.17. The highest BCUT2D eigenvalue weighted by atomic mass is 16.5. The van der Waals surface area contributed by atoms with E-state index in [9.17, 15) is 0 Å². The van der Waals surface area contributed by atoms with E-state index in [1.54, 1.807) is 0 Å². The molecule has 82 valence electrons. The third kappa shape index (κ3) is 2.29. The number of ether oxygens (including phenoxy) is 1. The first-order chi connectivity index (χ1) is 6.68. The molecule has 0 aromatic heterocycles. The predicted molar refractivity (Wildman–Crippen MR) is 58.4 cm³/mol. The molecule has 0 bridgehead atoms. The molecule has 1 saturated heterocycles. The smallest absolute Gasteiger partial charge is 0.0779 e. The van der Waals surface area contributed by atoms with Gasteiger partial charge < -0.3 is 10.1 Å². The van der Waals surface area contributed by atoms with Crippen LogP contribution in [0.1, 0.15) is 52.4 Å². The summed E-state index contributed by atoms with van der Waals surface area (Å²) in [7, 11) is 0. The van der Waals surface area contributed by atoms with Crippen LogP contribution in [0, 0.1) is 0 Å². The third-order valence-corrected chi connectivity index (χ3v) is 3.76. The Morgan fingerprint density at radius 3 is 2.36 bits per heavy atom. The first-order valence-corrected chi connectivity index (χ1v) is 6.08. The summed E-state index contributed by atoms with van der Waals surface area (Å²) >= 11 is 0. The van der Waals surface area contributed by atoms with E-state index in [4.69, 9.17) is 4.74 Å². The zero-order chi connectivity index (χ0) is 10.0. The molecule has 0 spiro atoms. The molecular weight excluding hydrogens is 174 g/mol. The van der Waals surface area contributed by atoms with Crippen molar-refractivity contribution in [2.45, 2.75) is 70.1 Å². The Labute approximate surface area is 87.4 Å². The highest BCUT2D eigenvalue weighted by molar-refractivity contribution is 4.92. The zero-order valence-corrected chi connectivity index (χ0v) is 9.51. The third-order valence-electron chi connectivity index (χ3n) is 3.76. The standard InChI is InChI=1S/C12H23NO/c1-12(2)11(8-9-14-12)13-10-6-4-3-5-7-10/h10-11,13H,3-9H2,1-2H3.